The maximum Gasteiger partial charge on any atom is 0.160 e. The van der Waals surface area contributed by atoms with E-state index in [2.05, 4.69) is 31.3 Å². The van der Waals surface area contributed by atoms with Crippen LogP contribution in [0.15, 0.2) is 30.0 Å². The highest BCUT2D eigenvalue weighted by molar-refractivity contribution is 5.42. The summed E-state index contributed by atoms with van der Waals surface area (Å²) in [5, 5.41) is 13.8. The maximum absolute atomic E-state index is 10.0. The number of phenolic OH excluding ortho intramolecular Hbond substituents is 1. The molecule has 1 aliphatic heterocycles. The molecule has 0 bridgehead atoms. The van der Waals surface area contributed by atoms with Crippen molar-refractivity contribution in [3.63, 3.8) is 0 Å². The molecule has 0 spiro atoms. The first kappa shape index (κ1) is 17.2. The van der Waals surface area contributed by atoms with Crippen molar-refractivity contribution in [2.75, 3.05) is 20.8 Å². The number of rotatable bonds is 4. The third-order valence-corrected chi connectivity index (χ3v) is 5.90. The Morgan fingerprint density at radius 3 is 2.67 bits per heavy atom. The molecule has 1 heterocycles. The van der Waals surface area contributed by atoms with Crippen molar-refractivity contribution >= 4 is 0 Å². The Bertz CT molecular complexity index is 613. The molecule has 0 aromatic heterocycles. The van der Waals surface area contributed by atoms with Crippen molar-refractivity contribution in [3.8, 4) is 11.5 Å². The lowest BCUT2D eigenvalue weighted by atomic mass is 9.64. The van der Waals surface area contributed by atoms with Crippen LogP contribution in [0.5, 0.6) is 11.5 Å². The molecule has 1 saturated heterocycles. The summed E-state index contributed by atoms with van der Waals surface area (Å²) < 4.78 is 10.8. The molecular formula is C20H29NO3. The Labute approximate surface area is 144 Å². The fourth-order valence-electron chi connectivity index (χ4n) is 4.71. The predicted molar refractivity (Wildman–Crippen MR) is 95.2 cm³/mol. The highest BCUT2D eigenvalue weighted by Crippen LogP contribution is 2.44. The van der Waals surface area contributed by atoms with Gasteiger partial charge in [-0.25, -0.2) is 0 Å². The lowest BCUT2D eigenvalue weighted by Gasteiger charge is -2.47. The lowest BCUT2D eigenvalue weighted by Crippen LogP contribution is -2.52. The largest absolute Gasteiger partial charge is 0.504 e. The minimum absolute atomic E-state index is 0.217. The summed E-state index contributed by atoms with van der Waals surface area (Å²) in [4.78, 5) is 0. The summed E-state index contributed by atoms with van der Waals surface area (Å²) in [6.45, 7) is 5.64. The van der Waals surface area contributed by atoms with Gasteiger partial charge < -0.3 is 19.9 Å². The number of ether oxygens (including phenoxy) is 2. The van der Waals surface area contributed by atoms with Crippen LogP contribution in [0.3, 0.4) is 0 Å². The van der Waals surface area contributed by atoms with Gasteiger partial charge in [0.1, 0.15) is 0 Å². The normalized spacial score (nSPS) is 32.7. The van der Waals surface area contributed by atoms with E-state index in [1.54, 1.807) is 14.2 Å². The highest BCUT2D eigenvalue weighted by atomic mass is 16.5. The second kappa shape index (κ2) is 7.06. The molecule has 1 aliphatic carbocycles. The van der Waals surface area contributed by atoms with Gasteiger partial charge in [0, 0.05) is 12.0 Å². The van der Waals surface area contributed by atoms with Crippen LogP contribution in [0.4, 0.5) is 0 Å². The topological polar surface area (TPSA) is 50.7 Å². The number of nitrogens with one attached hydrogen (secondary N) is 1. The zero-order valence-electron chi connectivity index (χ0n) is 15.1. The van der Waals surface area contributed by atoms with Crippen LogP contribution in [0.1, 0.15) is 25.8 Å². The summed E-state index contributed by atoms with van der Waals surface area (Å²) in [5.41, 5.74) is 1.15. The minimum atomic E-state index is 0.217. The molecule has 2 aliphatic rings. The molecule has 4 nitrogen and oxygen atoms in total. The van der Waals surface area contributed by atoms with Crippen LogP contribution in [0.2, 0.25) is 0 Å². The Morgan fingerprint density at radius 2 is 2.00 bits per heavy atom. The van der Waals surface area contributed by atoms with E-state index < -0.39 is 0 Å². The molecule has 132 valence electrons. The van der Waals surface area contributed by atoms with Crippen LogP contribution in [0, 0.1) is 23.7 Å². The predicted octanol–water partition coefficient (Wildman–Crippen LogP) is 3.35. The summed E-state index contributed by atoms with van der Waals surface area (Å²) in [6, 6.07) is 6.15. The lowest BCUT2D eigenvalue weighted by molar-refractivity contribution is 0.0701. The Morgan fingerprint density at radius 1 is 1.21 bits per heavy atom. The van der Waals surface area contributed by atoms with E-state index in [9.17, 15) is 5.11 Å². The number of phenols is 1. The van der Waals surface area contributed by atoms with E-state index in [-0.39, 0.29) is 5.75 Å². The fraction of sp³-hybridized carbons (Fsp3) is 0.600. The number of hydrogen-bond donors (Lipinski definition) is 2. The van der Waals surface area contributed by atoms with Crippen molar-refractivity contribution in [3.05, 3.63) is 35.6 Å². The number of hydrogen-bond acceptors (Lipinski definition) is 4. The fourth-order valence-corrected chi connectivity index (χ4v) is 4.71. The van der Waals surface area contributed by atoms with Crippen LogP contribution in [0.25, 0.3) is 0 Å². The van der Waals surface area contributed by atoms with Gasteiger partial charge in [-0.3, -0.25) is 0 Å². The molecule has 4 unspecified atom stereocenters. The summed E-state index contributed by atoms with van der Waals surface area (Å²) >= 11 is 0. The Kier molecular flexibility index (Phi) is 5.04. The van der Waals surface area contributed by atoms with Crippen LogP contribution >= 0.6 is 0 Å². The van der Waals surface area contributed by atoms with Crippen molar-refractivity contribution in [1.29, 1.82) is 0 Å². The number of aromatic hydroxyl groups is 1. The second-order valence-electron chi connectivity index (χ2n) is 7.22. The first-order valence-corrected chi connectivity index (χ1v) is 8.90. The number of benzene rings is 1. The SMILES string of the molecule is COC1=CC(C)C2C(CCN[C@@H]2Cc2ccc(OC)c(O)c2)C1C. The molecular weight excluding hydrogens is 302 g/mol. The van der Waals surface area contributed by atoms with E-state index in [1.807, 2.05) is 12.1 Å². The summed E-state index contributed by atoms with van der Waals surface area (Å²) in [6.07, 6.45) is 4.42. The van der Waals surface area contributed by atoms with E-state index in [1.165, 1.54) is 6.42 Å². The molecule has 0 amide bonds. The second-order valence-corrected chi connectivity index (χ2v) is 7.22. The van der Waals surface area contributed by atoms with Crippen LogP contribution < -0.4 is 10.1 Å². The Hall–Kier alpha value is -1.68. The zero-order chi connectivity index (χ0) is 17.3. The highest BCUT2D eigenvalue weighted by Gasteiger charge is 2.42. The minimum Gasteiger partial charge on any atom is -0.504 e. The number of piperidine rings is 1. The van der Waals surface area contributed by atoms with Gasteiger partial charge in [0.05, 0.1) is 20.0 Å². The van der Waals surface area contributed by atoms with E-state index >= 15 is 0 Å². The van der Waals surface area contributed by atoms with Crippen molar-refractivity contribution in [1.82, 2.24) is 5.32 Å². The van der Waals surface area contributed by atoms with Gasteiger partial charge >= 0.3 is 0 Å². The average molecular weight is 331 g/mol. The van der Waals surface area contributed by atoms with E-state index in [4.69, 9.17) is 9.47 Å². The summed E-state index contributed by atoms with van der Waals surface area (Å²) in [5.74, 6) is 4.10. The third kappa shape index (κ3) is 3.12. The quantitative estimate of drug-likeness (QED) is 0.888. The number of allylic oxidation sites excluding steroid dienone is 2. The van der Waals surface area contributed by atoms with E-state index in [0.717, 1.165) is 24.3 Å². The van der Waals surface area contributed by atoms with Gasteiger partial charge in [0.2, 0.25) is 0 Å². The molecule has 3 rings (SSSR count). The van der Waals surface area contributed by atoms with Crippen LogP contribution in [-0.2, 0) is 11.2 Å². The smallest absolute Gasteiger partial charge is 0.160 e. The Balaban J connectivity index is 1.81. The molecule has 0 radical (unpaired) electrons. The first-order chi connectivity index (χ1) is 11.5. The third-order valence-electron chi connectivity index (χ3n) is 5.90. The van der Waals surface area contributed by atoms with Gasteiger partial charge in [-0.1, -0.05) is 19.9 Å². The molecule has 5 atom stereocenters. The van der Waals surface area contributed by atoms with Gasteiger partial charge in [-0.15, -0.1) is 0 Å². The zero-order valence-corrected chi connectivity index (χ0v) is 15.1. The van der Waals surface area contributed by atoms with Gasteiger partial charge in [-0.2, -0.15) is 0 Å². The monoisotopic (exact) mass is 331 g/mol. The molecule has 24 heavy (non-hydrogen) atoms. The van der Waals surface area contributed by atoms with Gasteiger partial charge in [0.25, 0.3) is 0 Å². The standard InChI is InChI=1S/C20H29NO3/c1-12-9-19(24-4)13(2)15-7-8-21-16(20(12)15)10-14-5-6-18(23-3)17(22)11-14/h5-6,9,11-13,15-16,20-22H,7-8,10H2,1-4H3/t12?,13?,15?,16-,20?/m1/s1. The summed E-state index contributed by atoms with van der Waals surface area (Å²) in [7, 11) is 3.36. The maximum atomic E-state index is 10.0. The molecule has 2 N–H and O–H groups in total. The van der Waals surface area contributed by atoms with Crippen LogP contribution in [-0.4, -0.2) is 31.9 Å². The average Bonchev–Trinajstić information content (AvgIpc) is 2.58. The number of methoxy groups -OCH3 is 2. The van der Waals surface area contributed by atoms with Crippen molar-refractivity contribution < 1.29 is 14.6 Å². The molecule has 1 fully saturated rings. The van der Waals surface area contributed by atoms with Gasteiger partial charge in [0.15, 0.2) is 11.5 Å². The van der Waals surface area contributed by atoms with E-state index in [0.29, 0.717) is 35.5 Å². The van der Waals surface area contributed by atoms with Crippen molar-refractivity contribution in [2.45, 2.75) is 32.7 Å². The molecule has 1 aromatic rings. The molecule has 1 aromatic carbocycles. The number of fused-ring (bicyclic) bond motifs is 1. The first-order valence-electron chi connectivity index (χ1n) is 8.90. The van der Waals surface area contributed by atoms with Gasteiger partial charge in [-0.05, 0) is 60.9 Å². The van der Waals surface area contributed by atoms with Crippen molar-refractivity contribution in [2.24, 2.45) is 23.7 Å². The molecule has 4 heteroatoms. The molecule has 0 saturated carbocycles.